The van der Waals surface area contributed by atoms with Crippen molar-refractivity contribution in [1.82, 2.24) is 15.6 Å². The number of pyridine rings is 1. The molecule has 0 spiro atoms. The van der Waals surface area contributed by atoms with E-state index in [0.717, 1.165) is 12.2 Å². The third kappa shape index (κ3) is 3.73. The van der Waals surface area contributed by atoms with Gasteiger partial charge in [-0.25, -0.2) is 0 Å². The number of nitrogens with zero attached hydrogens (tertiary/aromatic N) is 2. The number of carbonyl (C=O) groups is 1. The van der Waals surface area contributed by atoms with Gasteiger partial charge in [-0.15, -0.1) is 0 Å². The molecule has 1 aromatic rings. The summed E-state index contributed by atoms with van der Waals surface area (Å²) >= 11 is 0. The molecular formula is C16H26N4O. The highest BCUT2D eigenvalue weighted by Gasteiger charge is 2.27. The van der Waals surface area contributed by atoms with Crippen LogP contribution in [0.15, 0.2) is 18.3 Å². The summed E-state index contributed by atoms with van der Waals surface area (Å²) in [5.74, 6) is -0.102. The van der Waals surface area contributed by atoms with Crippen LogP contribution in [0.5, 0.6) is 0 Å². The molecule has 1 aliphatic rings. The average molecular weight is 290 g/mol. The number of nitrogens with one attached hydrogen (secondary N) is 2. The minimum atomic E-state index is -0.102. The molecule has 2 unspecified atom stereocenters. The summed E-state index contributed by atoms with van der Waals surface area (Å²) < 4.78 is 0. The molecule has 0 bridgehead atoms. The van der Waals surface area contributed by atoms with Gasteiger partial charge < -0.3 is 15.5 Å². The summed E-state index contributed by atoms with van der Waals surface area (Å²) in [5, 5.41) is 6.16. The molecule has 5 heteroatoms. The van der Waals surface area contributed by atoms with Gasteiger partial charge in [0.05, 0.1) is 0 Å². The monoisotopic (exact) mass is 290 g/mol. The summed E-state index contributed by atoms with van der Waals surface area (Å²) in [6.45, 7) is 5.79. The van der Waals surface area contributed by atoms with Crippen LogP contribution in [0, 0.1) is 0 Å². The second-order valence-electron chi connectivity index (χ2n) is 5.59. The molecule has 1 aliphatic heterocycles. The van der Waals surface area contributed by atoms with Crippen LogP contribution in [0.2, 0.25) is 0 Å². The second kappa shape index (κ2) is 7.41. The number of likely N-dealkylation sites (N-methyl/N-ethyl adjacent to an activating group) is 1. The molecular weight excluding hydrogens is 264 g/mol. The van der Waals surface area contributed by atoms with Crippen molar-refractivity contribution < 1.29 is 4.79 Å². The molecule has 0 saturated carbocycles. The van der Waals surface area contributed by atoms with E-state index in [1.54, 1.807) is 6.20 Å². The molecule has 1 amide bonds. The SMILES string of the molecule is CCNC(=O)c1cc(N2CCCCC2C(C)NC)ccn1. The van der Waals surface area contributed by atoms with Crippen LogP contribution in [0.1, 0.15) is 43.6 Å². The Morgan fingerprint density at radius 3 is 3.05 bits per heavy atom. The van der Waals surface area contributed by atoms with Crippen LogP contribution in [0.4, 0.5) is 5.69 Å². The van der Waals surface area contributed by atoms with E-state index in [1.807, 2.05) is 26.1 Å². The number of aromatic nitrogens is 1. The van der Waals surface area contributed by atoms with Gasteiger partial charge >= 0.3 is 0 Å². The van der Waals surface area contributed by atoms with Gasteiger partial charge in [-0.3, -0.25) is 9.78 Å². The van der Waals surface area contributed by atoms with E-state index in [1.165, 1.54) is 19.3 Å². The first-order chi connectivity index (χ1) is 10.2. The van der Waals surface area contributed by atoms with E-state index in [2.05, 4.69) is 27.4 Å². The largest absolute Gasteiger partial charge is 0.367 e. The van der Waals surface area contributed by atoms with Gasteiger partial charge in [-0.05, 0) is 52.3 Å². The zero-order chi connectivity index (χ0) is 15.2. The third-order valence-corrected chi connectivity index (χ3v) is 4.23. The van der Waals surface area contributed by atoms with Crippen molar-refractivity contribution in [2.24, 2.45) is 0 Å². The maximum atomic E-state index is 11.9. The fourth-order valence-electron chi connectivity index (χ4n) is 2.96. The van der Waals surface area contributed by atoms with Gasteiger partial charge in [-0.1, -0.05) is 0 Å². The van der Waals surface area contributed by atoms with E-state index in [9.17, 15) is 4.79 Å². The van der Waals surface area contributed by atoms with Crippen LogP contribution in [0.25, 0.3) is 0 Å². The maximum absolute atomic E-state index is 11.9. The molecule has 0 aromatic carbocycles. The lowest BCUT2D eigenvalue weighted by molar-refractivity contribution is 0.0951. The van der Waals surface area contributed by atoms with Gasteiger partial charge in [0.2, 0.25) is 0 Å². The standard InChI is InChI=1S/C16H26N4O/c1-4-18-16(21)14-11-13(8-9-19-14)20-10-6-5-7-15(20)12(2)17-3/h8-9,11-12,15,17H,4-7,10H2,1-3H3,(H,18,21). The van der Waals surface area contributed by atoms with E-state index in [4.69, 9.17) is 0 Å². The van der Waals surface area contributed by atoms with Crippen LogP contribution in [-0.4, -0.2) is 43.1 Å². The van der Waals surface area contributed by atoms with Crippen molar-refractivity contribution in [3.8, 4) is 0 Å². The quantitative estimate of drug-likeness (QED) is 0.868. The molecule has 0 aliphatic carbocycles. The first-order valence-corrected chi connectivity index (χ1v) is 7.85. The van der Waals surface area contributed by atoms with Gasteiger partial charge in [0.1, 0.15) is 5.69 Å². The first-order valence-electron chi connectivity index (χ1n) is 7.85. The highest BCUT2D eigenvalue weighted by molar-refractivity contribution is 5.93. The fraction of sp³-hybridized carbons (Fsp3) is 0.625. The molecule has 1 aromatic heterocycles. The number of rotatable bonds is 5. The number of amides is 1. The fourth-order valence-corrected chi connectivity index (χ4v) is 2.96. The van der Waals surface area contributed by atoms with Crippen molar-refractivity contribution >= 4 is 11.6 Å². The Bertz CT molecular complexity index is 477. The number of anilines is 1. The Morgan fingerprint density at radius 1 is 1.52 bits per heavy atom. The Morgan fingerprint density at radius 2 is 2.33 bits per heavy atom. The predicted octanol–water partition coefficient (Wildman–Crippen LogP) is 1.80. The lowest BCUT2D eigenvalue weighted by Crippen LogP contribution is -2.50. The topological polar surface area (TPSA) is 57.3 Å². The lowest BCUT2D eigenvalue weighted by Gasteiger charge is -2.41. The highest BCUT2D eigenvalue weighted by Crippen LogP contribution is 2.26. The Hall–Kier alpha value is -1.62. The molecule has 0 radical (unpaired) electrons. The molecule has 2 N–H and O–H groups in total. The zero-order valence-corrected chi connectivity index (χ0v) is 13.2. The van der Waals surface area contributed by atoms with Crippen molar-refractivity contribution in [3.05, 3.63) is 24.0 Å². The Labute approximate surface area is 127 Å². The highest BCUT2D eigenvalue weighted by atomic mass is 16.1. The van der Waals surface area contributed by atoms with Crippen LogP contribution >= 0.6 is 0 Å². The summed E-state index contributed by atoms with van der Waals surface area (Å²) in [7, 11) is 2.00. The lowest BCUT2D eigenvalue weighted by atomic mass is 9.96. The number of piperidine rings is 1. The summed E-state index contributed by atoms with van der Waals surface area (Å²) in [6, 6.07) is 4.80. The number of hydrogen-bond donors (Lipinski definition) is 2. The molecule has 1 saturated heterocycles. The third-order valence-electron chi connectivity index (χ3n) is 4.23. The van der Waals surface area contributed by atoms with Crippen LogP contribution < -0.4 is 15.5 Å². The van der Waals surface area contributed by atoms with Crippen molar-refractivity contribution in [2.75, 3.05) is 25.0 Å². The maximum Gasteiger partial charge on any atom is 0.269 e. The van der Waals surface area contributed by atoms with E-state index >= 15 is 0 Å². The molecule has 2 atom stereocenters. The molecule has 2 rings (SSSR count). The second-order valence-corrected chi connectivity index (χ2v) is 5.59. The van der Waals surface area contributed by atoms with E-state index < -0.39 is 0 Å². The summed E-state index contributed by atoms with van der Waals surface area (Å²) in [4.78, 5) is 18.5. The van der Waals surface area contributed by atoms with Gasteiger partial charge in [-0.2, -0.15) is 0 Å². The summed E-state index contributed by atoms with van der Waals surface area (Å²) in [5.41, 5.74) is 1.59. The predicted molar refractivity (Wildman–Crippen MR) is 85.8 cm³/mol. The molecule has 5 nitrogen and oxygen atoms in total. The minimum Gasteiger partial charge on any atom is -0.367 e. The van der Waals surface area contributed by atoms with Crippen LogP contribution in [0.3, 0.4) is 0 Å². The molecule has 116 valence electrons. The smallest absolute Gasteiger partial charge is 0.269 e. The minimum absolute atomic E-state index is 0.102. The van der Waals surface area contributed by atoms with Crippen LogP contribution in [-0.2, 0) is 0 Å². The zero-order valence-electron chi connectivity index (χ0n) is 13.2. The normalized spacial score (nSPS) is 20.1. The van der Waals surface area contributed by atoms with Gasteiger partial charge in [0.15, 0.2) is 0 Å². The first kappa shape index (κ1) is 15.8. The average Bonchev–Trinajstić information content (AvgIpc) is 2.54. The summed E-state index contributed by atoms with van der Waals surface area (Å²) in [6.07, 6.45) is 5.38. The molecule has 1 fully saturated rings. The van der Waals surface area contributed by atoms with E-state index in [-0.39, 0.29) is 5.91 Å². The van der Waals surface area contributed by atoms with Crippen molar-refractivity contribution in [2.45, 2.75) is 45.2 Å². The molecule has 2 heterocycles. The Kier molecular flexibility index (Phi) is 5.56. The van der Waals surface area contributed by atoms with E-state index in [0.29, 0.717) is 24.3 Å². The number of hydrogen-bond acceptors (Lipinski definition) is 4. The van der Waals surface area contributed by atoms with Gasteiger partial charge in [0, 0.05) is 37.1 Å². The molecule has 21 heavy (non-hydrogen) atoms. The Balaban J connectivity index is 2.22. The number of carbonyl (C=O) groups excluding carboxylic acids is 1. The van der Waals surface area contributed by atoms with Crippen molar-refractivity contribution in [3.63, 3.8) is 0 Å². The van der Waals surface area contributed by atoms with Gasteiger partial charge in [0.25, 0.3) is 5.91 Å². The van der Waals surface area contributed by atoms with Crippen molar-refractivity contribution in [1.29, 1.82) is 0 Å².